The molecule has 0 fully saturated rings. The highest BCUT2D eigenvalue weighted by atomic mass is 16.5. The van der Waals surface area contributed by atoms with Crippen molar-refractivity contribution in [2.45, 2.75) is 19.9 Å². The summed E-state index contributed by atoms with van der Waals surface area (Å²) >= 11 is 0. The third-order valence-electron chi connectivity index (χ3n) is 3.17. The van der Waals surface area contributed by atoms with E-state index in [9.17, 15) is 0 Å². The first-order chi connectivity index (χ1) is 11.3. The van der Waals surface area contributed by atoms with Gasteiger partial charge >= 0.3 is 0 Å². The van der Waals surface area contributed by atoms with Crippen LogP contribution in [0.15, 0.2) is 47.7 Å². The van der Waals surface area contributed by atoms with Gasteiger partial charge in [0.25, 0.3) is 0 Å². The van der Waals surface area contributed by atoms with E-state index in [0.29, 0.717) is 12.4 Å². The van der Waals surface area contributed by atoms with Crippen molar-refractivity contribution in [3.05, 3.63) is 54.0 Å². The molecular weight excluding hydrogens is 290 g/mol. The molecule has 0 radical (unpaired) electrons. The van der Waals surface area contributed by atoms with Crippen LogP contribution in [0.4, 0.5) is 0 Å². The Kier molecular flexibility index (Phi) is 6.84. The zero-order valence-electron chi connectivity index (χ0n) is 13.6. The maximum Gasteiger partial charge on any atom is 0.213 e. The van der Waals surface area contributed by atoms with Gasteiger partial charge in [0.2, 0.25) is 5.88 Å². The van der Waals surface area contributed by atoms with Gasteiger partial charge in [-0.3, -0.25) is 4.98 Å². The van der Waals surface area contributed by atoms with Crippen LogP contribution < -0.4 is 15.4 Å². The summed E-state index contributed by atoms with van der Waals surface area (Å²) in [5, 5.41) is 6.56. The Balaban J connectivity index is 1.88. The molecule has 2 aromatic rings. The third-order valence-corrected chi connectivity index (χ3v) is 3.17. The van der Waals surface area contributed by atoms with E-state index >= 15 is 0 Å². The summed E-state index contributed by atoms with van der Waals surface area (Å²) < 4.78 is 5.13. The maximum atomic E-state index is 5.13. The number of ether oxygens (including phenoxy) is 1. The fraction of sp³-hybridized carbons (Fsp3) is 0.353. The molecule has 0 unspecified atom stereocenters. The fourth-order valence-corrected chi connectivity index (χ4v) is 2.03. The molecule has 0 atom stereocenters. The summed E-state index contributed by atoms with van der Waals surface area (Å²) in [6.07, 6.45) is 4.39. The zero-order valence-corrected chi connectivity index (χ0v) is 13.6. The third kappa shape index (κ3) is 5.94. The van der Waals surface area contributed by atoms with Crippen molar-refractivity contribution < 1.29 is 4.74 Å². The zero-order chi connectivity index (χ0) is 16.3. The first kappa shape index (κ1) is 16.7. The minimum absolute atomic E-state index is 0.567. The Morgan fingerprint density at radius 1 is 1.17 bits per heavy atom. The Bertz CT molecular complexity index is 615. The van der Waals surface area contributed by atoms with E-state index in [1.807, 2.05) is 43.5 Å². The second-order valence-electron chi connectivity index (χ2n) is 4.90. The lowest BCUT2D eigenvalue weighted by molar-refractivity contribution is 0.397. The highest BCUT2D eigenvalue weighted by Crippen LogP contribution is 2.09. The lowest BCUT2D eigenvalue weighted by atomic mass is 10.2. The standard InChI is InChI=1S/C17H23N5O/c1-3-18-17(21-11-8-15-6-4-5-9-19-15)22-13-14-7-10-20-16(12-14)23-2/h4-7,9-10,12H,3,8,11,13H2,1-2H3,(H2,18,21,22). The summed E-state index contributed by atoms with van der Waals surface area (Å²) in [7, 11) is 1.61. The minimum Gasteiger partial charge on any atom is -0.481 e. The van der Waals surface area contributed by atoms with Gasteiger partial charge in [0, 0.05) is 43.7 Å². The number of hydrogen-bond acceptors (Lipinski definition) is 4. The number of aromatic nitrogens is 2. The predicted octanol–water partition coefficient (Wildman–Crippen LogP) is 1.78. The van der Waals surface area contributed by atoms with Gasteiger partial charge in [-0.1, -0.05) is 6.07 Å². The molecule has 2 rings (SSSR count). The average molecular weight is 313 g/mol. The van der Waals surface area contributed by atoms with Crippen molar-refractivity contribution in [2.75, 3.05) is 20.2 Å². The molecule has 2 heterocycles. The molecule has 0 aliphatic heterocycles. The number of pyridine rings is 2. The van der Waals surface area contributed by atoms with Crippen molar-refractivity contribution >= 4 is 5.96 Å². The molecule has 6 nitrogen and oxygen atoms in total. The Morgan fingerprint density at radius 3 is 2.83 bits per heavy atom. The molecule has 0 aromatic carbocycles. The van der Waals surface area contributed by atoms with Crippen LogP contribution in [0.25, 0.3) is 0 Å². The van der Waals surface area contributed by atoms with Crippen molar-refractivity contribution in [3.63, 3.8) is 0 Å². The lowest BCUT2D eigenvalue weighted by Gasteiger charge is -2.11. The van der Waals surface area contributed by atoms with Crippen LogP contribution in [0.1, 0.15) is 18.2 Å². The fourth-order valence-electron chi connectivity index (χ4n) is 2.03. The quantitative estimate of drug-likeness (QED) is 0.602. The highest BCUT2D eigenvalue weighted by Gasteiger charge is 2.00. The van der Waals surface area contributed by atoms with Crippen molar-refractivity contribution in [2.24, 2.45) is 4.99 Å². The summed E-state index contributed by atoms with van der Waals surface area (Å²) in [5.41, 5.74) is 2.12. The van der Waals surface area contributed by atoms with Gasteiger partial charge in [0.15, 0.2) is 5.96 Å². The number of aliphatic imine (C=N–C) groups is 1. The number of nitrogens with zero attached hydrogens (tertiary/aromatic N) is 3. The number of methoxy groups -OCH3 is 1. The summed E-state index contributed by atoms with van der Waals surface area (Å²) in [6, 6.07) is 9.77. The molecule has 0 saturated carbocycles. The SMILES string of the molecule is CCNC(=NCc1ccnc(OC)c1)NCCc1ccccn1. The van der Waals surface area contributed by atoms with E-state index in [-0.39, 0.29) is 0 Å². The van der Waals surface area contributed by atoms with Crippen LogP contribution in [0, 0.1) is 0 Å². The molecule has 6 heteroatoms. The normalized spacial score (nSPS) is 11.1. The van der Waals surface area contributed by atoms with Crippen molar-refractivity contribution in [3.8, 4) is 5.88 Å². The van der Waals surface area contributed by atoms with Gasteiger partial charge in [-0.25, -0.2) is 9.98 Å². The van der Waals surface area contributed by atoms with Gasteiger partial charge in [-0.15, -0.1) is 0 Å². The second kappa shape index (κ2) is 9.40. The van der Waals surface area contributed by atoms with Crippen LogP contribution in [0.2, 0.25) is 0 Å². The molecule has 0 spiro atoms. The second-order valence-corrected chi connectivity index (χ2v) is 4.90. The Hall–Kier alpha value is -2.63. The summed E-state index contributed by atoms with van der Waals surface area (Å²) in [6.45, 7) is 4.21. The van der Waals surface area contributed by atoms with Crippen LogP contribution in [0.5, 0.6) is 5.88 Å². The van der Waals surface area contributed by atoms with Gasteiger partial charge in [0.05, 0.1) is 13.7 Å². The number of nitrogens with one attached hydrogen (secondary N) is 2. The topological polar surface area (TPSA) is 71.4 Å². The monoisotopic (exact) mass is 313 g/mol. The van der Waals surface area contributed by atoms with Gasteiger partial charge in [-0.2, -0.15) is 0 Å². The Labute approximate surface area is 137 Å². The van der Waals surface area contributed by atoms with Crippen LogP contribution >= 0.6 is 0 Å². The van der Waals surface area contributed by atoms with E-state index in [0.717, 1.165) is 36.7 Å². The molecule has 0 bridgehead atoms. The largest absolute Gasteiger partial charge is 0.481 e. The number of hydrogen-bond donors (Lipinski definition) is 2. The highest BCUT2D eigenvalue weighted by molar-refractivity contribution is 5.79. The lowest BCUT2D eigenvalue weighted by Crippen LogP contribution is -2.38. The summed E-state index contributed by atoms with van der Waals surface area (Å²) in [5.74, 6) is 1.39. The van der Waals surface area contributed by atoms with E-state index in [4.69, 9.17) is 4.74 Å². The summed E-state index contributed by atoms with van der Waals surface area (Å²) in [4.78, 5) is 13.0. The molecule has 23 heavy (non-hydrogen) atoms. The number of rotatable bonds is 7. The van der Waals surface area contributed by atoms with E-state index in [1.54, 1.807) is 13.3 Å². The van der Waals surface area contributed by atoms with Crippen molar-refractivity contribution in [1.82, 2.24) is 20.6 Å². The average Bonchev–Trinajstić information content (AvgIpc) is 2.61. The molecule has 2 N–H and O–H groups in total. The van der Waals surface area contributed by atoms with E-state index < -0.39 is 0 Å². The molecule has 0 aliphatic rings. The smallest absolute Gasteiger partial charge is 0.213 e. The predicted molar refractivity (Wildman–Crippen MR) is 91.5 cm³/mol. The van der Waals surface area contributed by atoms with Crippen LogP contribution in [0.3, 0.4) is 0 Å². The van der Waals surface area contributed by atoms with E-state index in [2.05, 4.69) is 25.6 Å². The molecule has 0 amide bonds. The van der Waals surface area contributed by atoms with Gasteiger partial charge in [-0.05, 0) is 30.7 Å². The van der Waals surface area contributed by atoms with E-state index in [1.165, 1.54) is 0 Å². The molecular formula is C17H23N5O. The van der Waals surface area contributed by atoms with Crippen LogP contribution in [-0.2, 0) is 13.0 Å². The van der Waals surface area contributed by atoms with Gasteiger partial charge in [0.1, 0.15) is 0 Å². The number of guanidine groups is 1. The first-order valence-corrected chi connectivity index (χ1v) is 7.73. The molecule has 122 valence electrons. The minimum atomic E-state index is 0.567. The van der Waals surface area contributed by atoms with Crippen LogP contribution in [-0.4, -0.2) is 36.1 Å². The van der Waals surface area contributed by atoms with Gasteiger partial charge < -0.3 is 15.4 Å². The molecule has 0 saturated heterocycles. The first-order valence-electron chi connectivity index (χ1n) is 7.73. The molecule has 0 aliphatic carbocycles. The maximum absolute atomic E-state index is 5.13. The molecule has 2 aromatic heterocycles. The van der Waals surface area contributed by atoms with Crippen molar-refractivity contribution in [1.29, 1.82) is 0 Å². The Morgan fingerprint density at radius 2 is 2.09 bits per heavy atom.